The molecule has 0 aliphatic heterocycles. The van der Waals surface area contributed by atoms with Crippen LogP contribution in [0.2, 0.25) is 0 Å². The molecule has 23 heavy (non-hydrogen) atoms. The fraction of sp³-hybridized carbons (Fsp3) is 0.333. The van der Waals surface area contributed by atoms with Gasteiger partial charge in [0.1, 0.15) is 11.3 Å². The molecule has 2 aromatic rings. The summed E-state index contributed by atoms with van der Waals surface area (Å²) in [5, 5.41) is 2.95. The van der Waals surface area contributed by atoms with E-state index in [2.05, 4.69) is 11.4 Å². The van der Waals surface area contributed by atoms with Gasteiger partial charge in [-0.3, -0.25) is 4.79 Å². The number of esters is 1. The number of amides is 1. The van der Waals surface area contributed by atoms with Crippen molar-refractivity contribution in [3.63, 3.8) is 0 Å². The van der Waals surface area contributed by atoms with E-state index in [0.29, 0.717) is 11.3 Å². The second-order valence-electron chi connectivity index (χ2n) is 5.68. The molecule has 1 amide bonds. The number of fused-ring (bicyclic) bond motifs is 1. The summed E-state index contributed by atoms with van der Waals surface area (Å²) in [4.78, 5) is 23.9. The minimum atomic E-state index is -0.546. The van der Waals surface area contributed by atoms with E-state index in [1.165, 1.54) is 17.9 Å². The molecule has 1 heterocycles. The van der Waals surface area contributed by atoms with Crippen molar-refractivity contribution < 1.29 is 18.7 Å². The van der Waals surface area contributed by atoms with Gasteiger partial charge < -0.3 is 14.5 Å². The van der Waals surface area contributed by atoms with E-state index < -0.39 is 5.97 Å². The largest absolute Gasteiger partial charge is 0.469 e. The van der Waals surface area contributed by atoms with Gasteiger partial charge in [-0.25, -0.2) is 4.79 Å². The lowest BCUT2D eigenvalue weighted by atomic mass is 9.88. The van der Waals surface area contributed by atoms with Gasteiger partial charge >= 0.3 is 5.97 Å². The Bertz CT molecular complexity index is 719. The lowest BCUT2D eigenvalue weighted by molar-refractivity contribution is -0.125. The summed E-state index contributed by atoms with van der Waals surface area (Å²) >= 11 is 0. The SMILES string of the molecule is Cc1occc1C(=O)OCC(=O)N[C@H]1CCCc2ccccc21. The van der Waals surface area contributed by atoms with E-state index in [4.69, 9.17) is 9.15 Å². The molecule has 1 aromatic heterocycles. The second-order valence-corrected chi connectivity index (χ2v) is 5.68. The minimum Gasteiger partial charge on any atom is -0.469 e. The fourth-order valence-corrected chi connectivity index (χ4v) is 2.95. The van der Waals surface area contributed by atoms with Crippen LogP contribution in [0.5, 0.6) is 0 Å². The van der Waals surface area contributed by atoms with Gasteiger partial charge in [0.2, 0.25) is 0 Å². The molecule has 1 aliphatic rings. The highest BCUT2D eigenvalue weighted by atomic mass is 16.5. The number of hydrogen-bond acceptors (Lipinski definition) is 4. The molecular weight excluding hydrogens is 294 g/mol. The number of carbonyl (C=O) groups excluding carboxylic acids is 2. The number of rotatable bonds is 4. The van der Waals surface area contributed by atoms with Crippen LogP contribution in [0.4, 0.5) is 0 Å². The topological polar surface area (TPSA) is 68.5 Å². The van der Waals surface area contributed by atoms with Crippen LogP contribution in [0, 0.1) is 6.92 Å². The first kappa shape index (κ1) is 15.3. The van der Waals surface area contributed by atoms with Crippen LogP contribution in [0.1, 0.15) is 46.1 Å². The number of furan rings is 1. The molecule has 0 fully saturated rings. The molecule has 1 aromatic carbocycles. The fourth-order valence-electron chi connectivity index (χ4n) is 2.95. The first-order valence-electron chi connectivity index (χ1n) is 7.73. The quantitative estimate of drug-likeness (QED) is 0.881. The van der Waals surface area contributed by atoms with Gasteiger partial charge in [0, 0.05) is 0 Å². The van der Waals surface area contributed by atoms with Crippen molar-refractivity contribution in [3.05, 3.63) is 59.0 Å². The Hall–Kier alpha value is -2.56. The smallest absolute Gasteiger partial charge is 0.342 e. The zero-order chi connectivity index (χ0) is 16.2. The summed E-state index contributed by atoms with van der Waals surface area (Å²) in [5.74, 6) is -0.353. The molecule has 1 aliphatic carbocycles. The molecule has 0 saturated heterocycles. The Morgan fingerprint density at radius 2 is 2.13 bits per heavy atom. The molecular formula is C18H19NO4. The van der Waals surface area contributed by atoms with Crippen LogP contribution >= 0.6 is 0 Å². The summed E-state index contributed by atoms with van der Waals surface area (Å²) in [6.45, 7) is 1.39. The van der Waals surface area contributed by atoms with Crippen molar-refractivity contribution in [2.75, 3.05) is 6.61 Å². The third-order valence-electron chi connectivity index (χ3n) is 4.12. The highest BCUT2D eigenvalue weighted by Gasteiger charge is 2.22. The number of benzene rings is 1. The number of aryl methyl sites for hydroxylation is 2. The average molecular weight is 313 g/mol. The van der Waals surface area contributed by atoms with E-state index in [1.54, 1.807) is 6.92 Å². The van der Waals surface area contributed by atoms with Gasteiger partial charge in [0.15, 0.2) is 6.61 Å². The number of nitrogens with one attached hydrogen (secondary N) is 1. The summed E-state index contributed by atoms with van der Waals surface area (Å²) < 4.78 is 10.1. The second kappa shape index (κ2) is 6.69. The number of ether oxygens (including phenoxy) is 1. The van der Waals surface area contributed by atoms with Crippen LogP contribution in [0.15, 0.2) is 41.0 Å². The summed E-state index contributed by atoms with van der Waals surface area (Å²) in [7, 11) is 0. The predicted molar refractivity (Wildman–Crippen MR) is 84.0 cm³/mol. The third kappa shape index (κ3) is 3.44. The first-order chi connectivity index (χ1) is 11.1. The van der Waals surface area contributed by atoms with Crippen LogP contribution in [0.25, 0.3) is 0 Å². The highest BCUT2D eigenvalue weighted by Crippen LogP contribution is 2.29. The van der Waals surface area contributed by atoms with Crippen LogP contribution in [-0.2, 0) is 16.0 Å². The molecule has 0 unspecified atom stereocenters. The molecule has 1 N–H and O–H groups in total. The Balaban J connectivity index is 1.56. The van der Waals surface area contributed by atoms with E-state index in [-0.39, 0.29) is 18.6 Å². The molecule has 0 spiro atoms. The summed E-state index contributed by atoms with van der Waals surface area (Å²) in [6, 6.07) is 9.65. The van der Waals surface area contributed by atoms with Gasteiger partial charge in [0.25, 0.3) is 5.91 Å². The normalized spacial score (nSPS) is 16.5. The van der Waals surface area contributed by atoms with E-state index in [0.717, 1.165) is 24.8 Å². The predicted octanol–water partition coefficient (Wildman–Crippen LogP) is 2.94. The third-order valence-corrected chi connectivity index (χ3v) is 4.12. The monoisotopic (exact) mass is 313 g/mol. The van der Waals surface area contributed by atoms with Gasteiger partial charge in [-0.1, -0.05) is 24.3 Å². The van der Waals surface area contributed by atoms with Gasteiger partial charge in [0.05, 0.1) is 12.3 Å². The first-order valence-corrected chi connectivity index (χ1v) is 7.73. The summed E-state index contributed by atoms with van der Waals surface area (Å²) in [5.41, 5.74) is 2.78. The van der Waals surface area contributed by atoms with Crippen molar-refractivity contribution in [3.8, 4) is 0 Å². The van der Waals surface area contributed by atoms with Crippen molar-refractivity contribution in [2.45, 2.75) is 32.2 Å². The van der Waals surface area contributed by atoms with Gasteiger partial charge in [-0.2, -0.15) is 0 Å². The van der Waals surface area contributed by atoms with Gasteiger partial charge in [-0.15, -0.1) is 0 Å². The number of carbonyl (C=O) groups is 2. The van der Waals surface area contributed by atoms with Crippen molar-refractivity contribution in [2.24, 2.45) is 0 Å². The lowest BCUT2D eigenvalue weighted by Gasteiger charge is -2.26. The highest BCUT2D eigenvalue weighted by molar-refractivity contribution is 5.92. The van der Waals surface area contributed by atoms with Crippen molar-refractivity contribution in [1.82, 2.24) is 5.32 Å². The Morgan fingerprint density at radius 1 is 1.30 bits per heavy atom. The molecule has 1 atom stereocenters. The average Bonchev–Trinajstić information content (AvgIpc) is 2.99. The molecule has 5 heteroatoms. The molecule has 0 saturated carbocycles. The maximum absolute atomic E-state index is 12.1. The van der Waals surface area contributed by atoms with Crippen LogP contribution in [-0.4, -0.2) is 18.5 Å². The Morgan fingerprint density at radius 3 is 2.91 bits per heavy atom. The van der Waals surface area contributed by atoms with E-state index >= 15 is 0 Å². The van der Waals surface area contributed by atoms with Crippen LogP contribution in [0.3, 0.4) is 0 Å². The molecule has 3 rings (SSSR count). The summed E-state index contributed by atoms with van der Waals surface area (Å²) in [6.07, 6.45) is 4.40. The molecule has 120 valence electrons. The Labute approximate surface area is 134 Å². The molecule has 0 bridgehead atoms. The van der Waals surface area contributed by atoms with Crippen LogP contribution < -0.4 is 5.32 Å². The number of hydrogen-bond donors (Lipinski definition) is 1. The zero-order valence-corrected chi connectivity index (χ0v) is 13.0. The maximum atomic E-state index is 12.1. The van der Waals surface area contributed by atoms with E-state index in [1.807, 2.05) is 18.2 Å². The minimum absolute atomic E-state index is 0.0122. The van der Waals surface area contributed by atoms with E-state index in [9.17, 15) is 9.59 Å². The molecule has 5 nitrogen and oxygen atoms in total. The molecule has 0 radical (unpaired) electrons. The van der Waals surface area contributed by atoms with Crippen molar-refractivity contribution >= 4 is 11.9 Å². The standard InChI is InChI=1S/C18H19NO4/c1-12-14(9-10-22-12)18(21)23-11-17(20)19-16-8-4-6-13-5-2-3-7-15(13)16/h2-3,5,7,9-10,16H,4,6,8,11H2,1H3,(H,19,20)/t16-/m0/s1. The van der Waals surface area contributed by atoms with Gasteiger partial charge in [-0.05, 0) is 43.4 Å². The zero-order valence-electron chi connectivity index (χ0n) is 13.0. The maximum Gasteiger partial charge on any atom is 0.342 e. The Kier molecular flexibility index (Phi) is 4.46. The van der Waals surface area contributed by atoms with Crippen molar-refractivity contribution in [1.29, 1.82) is 0 Å². The lowest BCUT2D eigenvalue weighted by Crippen LogP contribution is -2.34.